The van der Waals surface area contributed by atoms with E-state index in [0.717, 1.165) is 6.07 Å². The van der Waals surface area contributed by atoms with Gasteiger partial charge in [-0.25, -0.2) is 0 Å². The SMILES string of the molecule is O=C(Nc1ccc2[nH]c(C(F)(F)F)cc2c1)c1ccncc1. The lowest BCUT2D eigenvalue weighted by Gasteiger charge is -2.05. The number of nitrogens with one attached hydrogen (secondary N) is 2. The Kier molecular flexibility index (Phi) is 3.32. The lowest BCUT2D eigenvalue weighted by atomic mass is 10.2. The molecule has 0 radical (unpaired) electrons. The number of halogens is 3. The average molecular weight is 305 g/mol. The highest BCUT2D eigenvalue weighted by Crippen LogP contribution is 2.31. The average Bonchev–Trinajstić information content (AvgIpc) is 2.91. The van der Waals surface area contributed by atoms with Crippen LogP contribution >= 0.6 is 0 Å². The maximum absolute atomic E-state index is 12.7. The second-order valence-electron chi connectivity index (χ2n) is 4.67. The molecule has 112 valence electrons. The van der Waals surface area contributed by atoms with Crippen LogP contribution in [0.15, 0.2) is 48.8 Å². The Hall–Kier alpha value is -2.83. The molecule has 3 rings (SSSR count). The first-order chi connectivity index (χ1) is 10.4. The number of aromatic amines is 1. The Labute approximate surface area is 123 Å². The van der Waals surface area contributed by atoms with Crippen LogP contribution in [0.4, 0.5) is 18.9 Å². The number of anilines is 1. The van der Waals surface area contributed by atoms with E-state index in [-0.39, 0.29) is 5.91 Å². The monoisotopic (exact) mass is 305 g/mol. The van der Waals surface area contributed by atoms with Crippen molar-refractivity contribution in [1.82, 2.24) is 9.97 Å². The number of fused-ring (bicyclic) bond motifs is 1. The zero-order valence-electron chi connectivity index (χ0n) is 11.1. The minimum atomic E-state index is -4.43. The number of aromatic nitrogens is 2. The molecule has 2 N–H and O–H groups in total. The Bertz CT molecular complexity index is 825. The summed E-state index contributed by atoms with van der Waals surface area (Å²) in [6.07, 6.45) is -1.46. The summed E-state index contributed by atoms with van der Waals surface area (Å²) in [6, 6.07) is 8.63. The second kappa shape index (κ2) is 5.18. The normalized spacial score (nSPS) is 11.6. The summed E-state index contributed by atoms with van der Waals surface area (Å²) in [5, 5.41) is 3.01. The fraction of sp³-hybridized carbons (Fsp3) is 0.0667. The number of benzene rings is 1. The van der Waals surface area contributed by atoms with Crippen LogP contribution in [0, 0.1) is 0 Å². The van der Waals surface area contributed by atoms with Crippen molar-refractivity contribution in [1.29, 1.82) is 0 Å². The number of alkyl halides is 3. The Morgan fingerprint density at radius 3 is 2.50 bits per heavy atom. The van der Waals surface area contributed by atoms with Crippen LogP contribution in [-0.4, -0.2) is 15.9 Å². The smallest absolute Gasteiger partial charge is 0.351 e. The summed E-state index contributed by atoms with van der Waals surface area (Å²) in [4.78, 5) is 18.1. The number of rotatable bonds is 2. The highest BCUT2D eigenvalue weighted by molar-refractivity contribution is 6.05. The van der Waals surface area contributed by atoms with Gasteiger partial charge in [0.2, 0.25) is 0 Å². The largest absolute Gasteiger partial charge is 0.431 e. The molecule has 0 aliphatic heterocycles. The van der Waals surface area contributed by atoms with Gasteiger partial charge in [-0.3, -0.25) is 9.78 Å². The Balaban J connectivity index is 1.88. The molecule has 0 saturated carbocycles. The molecule has 0 spiro atoms. The van der Waals surface area contributed by atoms with E-state index in [1.807, 2.05) is 0 Å². The number of carbonyl (C=O) groups excluding carboxylic acids is 1. The van der Waals surface area contributed by atoms with Crippen LogP contribution in [0.3, 0.4) is 0 Å². The minimum absolute atomic E-state index is 0.353. The van der Waals surface area contributed by atoms with Gasteiger partial charge in [-0.2, -0.15) is 13.2 Å². The van der Waals surface area contributed by atoms with E-state index in [4.69, 9.17) is 0 Å². The standard InChI is InChI=1S/C15H10F3N3O/c16-15(17,18)13-8-10-7-11(1-2-12(10)21-13)20-14(22)9-3-5-19-6-4-9/h1-8,21H,(H,20,22). The summed E-state index contributed by atoms with van der Waals surface area (Å²) in [5.74, 6) is -0.353. The molecule has 0 bridgehead atoms. The van der Waals surface area contributed by atoms with Gasteiger partial charge in [-0.05, 0) is 36.4 Å². The molecule has 0 atom stereocenters. The summed E-state index contributed by atoms with van der Waals surface area (Å²) < 4.78 is 38.0. The van der Waals surface area contributed by atoms with Crippen molar-refractivity contribution in [3.63, 3.8) is 0 Å². The van der Waals surface area contributed by atoms with Crippen LogP contribution in [0.25, 0.3) is 10.9 Å². The predicted octanol–water partition coefficient (Wildman–Crippen LogP) is 3.83. The topological polar surface area (TPSA) is 57.8 Å². The lowest BCUT2D eigenvalue weighted by molar-refractivity contribution is -0.140. The van der Waals surface area contributed by atoms with E-state index in [1.165, 1.54) is 30.6 Å². The summed E-state index contributed by atoms with van der Waals surface area (Å²) in [7, 11) is 0. The van der Waals surface area contributed by atoms with Gasteiger partial charge in [0, 0.05) is 34.5 Å². The Morgan fingerprint density at radius 2 is 1.82 bits per heavy atom. The first-order valence-electron chi connectivity index (χ1n) is 6.35. The number of nitrogens with zero attached hydrogens (tertiary/aromatic N) is 1. The molecule has 3 aromatic rings. The maximum atomic E-state index is 12.7. The van der Waals surface area contributed by atoms with Gasteiger partial charge < -0.3 is 10.3 Å². The zero-order valence-corrected chi connectivity index (χ0v) is 11.1. The Morgan fingerprint density at radius 1 is 1.09 bits per heavy atom. The van der Waals surface area contributed by atoms with Gasteiger partial charge in [0.1, 0.15) is 5.69 Å². The van der Waals surface area contributed by atoms with E-state index < -0.39 is 11.9 Å². The molecule has 0 fully saturated rings. The molecule has 1 aromatic carbocycles. The van der Waals surface area contributed by atoms with Crippen LogP contribution in [0.1, 0.15) is 16.1 Å². The third-order valence-electron chi connectivity index (χ3n) is 3.13. The minimum Gasteiger partial charge on any atom is -0.351 e. The van der Waals surface area contributed by atoms with Gasteiger partial charge in [0.15, 0.2) is 0 Å². The summed E-state index contributed by atoms with van der Waals surface area (Å²) >= 11 is 0. The van der Waals surface area contributed by atoms with Crippen molar-refractivity contribution in [2.24, 2.45) is 0 Å². The number of hydrogen-bond acceptors (Lipinski definition) is 2. The van der Waals surface area contributed by atoms with E-state index >= 15 is 0 Å². The zero-order chi connectivity index (χ0) is 15.7. The molecule has 2 heterocycles. The lowest BCUT2D eigenvalue weighted by Crippen LogP contribution is -2.11. The first kappa shape index (κ1) is 14.1. The quantitative estimate of drug-likeness (QED) is 0.756. The van der Waals surface area contributed by atoms with E-state index in [0.29, 0.717) is 22.2 Å². The third-order valence-corrected chi connectivity index (χ3v) is 3.13. The number of pyridine rings is 1. The van der Waals surface area contributed by atoms with Gasteiger partial charge in [-0.15, -0.1) is 0 Å². The highest BCUT2D eigenvalue weighted by Gasteiger charge is 2.32. The molecule has 0 aliphatic rings. The molecule has 2 aromatic heterocycles. The number of hydrogen-bond donors (Lipinski definition) is 2. The van der Waals surface area contributed by atoms with Crippen molar-refractivity contribution in [2.45, 2.75) is 6.18 Å². The van der Waals surface area contributed by atoms with E-state index in [9.17, 15) is 18.0 Å². The summed E-state index contributed by atoms with van der Waals surface area (Å²) in [5.41, 5.74) is 0.372. The summed E-state index contributed by atoms with van der Waals surface area (Å²) in [6.45, 7) is 0. The second-order valence-corrected chi connectivity index (χ2v) is 4.67. The molecule has 4 nitrogen and oxygen atoms in total. The molecular weight excluding hydrogens is 295 g/mol. The van der Waals surface area contributed by atoms with Crippen molar-refractivity contribution >= 4 is 22.5 Å². The van der Waals surface area contributed by atoms with Crippen molar-refractivity contribution in [2.75, 3.05) is 5.32 Å². The van der Waals surface area contributed by atoms with Gasteiger partial charge in [0.05, 0.1) is 0 Å². The van der Waals surface area contributed by atoms with Crippen molar-refractivity contribution in [3.05, 3.63) is 60.0 Å². The van der Waals surface area contributed by atoms with Crippen LogP contribution in [-0.2, 0) is 6.18 Å². The maximum Gasteiger partial charge on any atom is 0.431 e. The van der Waals surface area contributed by atoms with E-state index in [1.54, 1.807) is 12.1 Å². The molecule has 7 heteroatoms. The van der Waals surface area contributed by atoms with Crippen LogP contribution < -0.4 is 5.32 Å². The van der Waals surface area contributed by atoms with E-state index in [2.05, 4.69) is 15.3 Å². The van der Waals surface area contributed by atoms with Gasteiger partial charge in [0.25, 0.3) is 5.91 Å². The first-order valence-corrected chi connectivity index (χ1v) is 6.35. The number of carbonyl (C=O) groups is 1. The van der Waals surface area contributed by atoms with Crippen LogP contribution in [0.2, 0.25) is 0 Å². The molecule has 0 saturated heterocycles. The van der Waals surface area contributed by atoms with Gasteiger partial charge >= 0.3 is 6.18 Å². The fourth-order valence-corrected chi connectivity index (χ4v) is 2.07. The molecule has 1 amide bonds. The molecule has 22 heavy (non-hydrogen) atoms. The molecule has 0 aliphatic carbocycles. The van der Waals surface area contributed by atoms with Crippen LogP contribution in [0.5, 0.6) is 0 Å². The highest BCUT2D eigenvalue weighted by atomic mass is 19.4. The number of amides is 1. The molecular formula is C15H10F3N3O. The number of H-pyrrole nitrogens is 1. The molecule has 0 unspecified atom stereocenters. The fourth-order valence-electron chi connectivity index (χ4n) is 2.07. The van der Waals surface area contributed by atoms with Gasteiger partial charge in [-0.1, -0.05) is 0 Å². The third kappa shape index (κ3) is 2.78. The van der Waals surface area contributed by atoms with Crippen molar-refractivity contribution < 1.29 is 18.0 Å². The van der Waals surface area contributed by atoms with Crippen molar-refractivity contribution in [3.8, 4) is 0 Å². The predicted molar refractivity (Wildman–Crippen MR) is 75.5 cm³/mol.